The third-order valence-corrected chi connectivity index (χ3v) is 7.44. The average molecular weight is 478 g/mol. The summed E-state index contributed by atoms with van der Waals surface area (Å²) in [5.41, 5.74) is 3.64. The van der Waals surface area contributed by atoms with Gasteiger partial charge in [0.2, 0.25) is 0 Å². The van der Waals surface area contributed by atoms with Gasteiger partial charge in [-0.25, -0.2) is 4.39 Å². The monoisotopic (exact) mass is 477 g/mol. The minimum atomic E-state index is -0.215. The van der Waals surface area contributed by atoms with Gasteiger partial charge in [-0.3, -0.25) is 0 Å². The summed E-state index contributed by atoms with van der Waals surface area (Å²) in [6.07, 6.45) is 1.56. The van der Waals surface area contributed by atoms with Crippen LogP contribution in [0.1, 0.15) is 41.4 Å². The van der Waals surface area contributed by atoms with Crippen LogP contribution in [0.25, 0.3) is 0 Å². The smallest absolute Gasteiger partial charge is 0.159 e. The molecule has 0 amide bonds. The summed E-state index contributed by atoms with van der Waals surface area (Å²) in [5.74, 6) is 0.865. The summed E-state index contributed by atoms with van der Waals surface area (Å²) in [4.78, 5) is 2.11. The first-order valence-electron chi connectivity index (χ1n) is 12.2. The van der Waals surface area contributed by atoms with Crippen LogP contribution in [0, 0.1) is 11.7 Å². The van der Waals surface area contributed by atoms with Crippen LogP contribution in [0.4, 0.5) is 10.1 Å². The number of phenolic OH excluding ortho intramolecular Hbond substituents is 1. The molecule has 2 heterocycles. The first kappa shape index (κ1) is 23.6. The van der Waals surface area contributed by atoms with Crippen molar-refractivity contribution in [2.24, 2.45) is 5.92 Å². The second kappa shape index (κ2) is 10.3. The molecule has 2 aliphatic rings. The molecule has 5 rings (SSSR count). The average Bonchev–Trinajstić information content (AvgIpc) is 2.89. The number of ether oxygens (including phenoxy) is 3. The van der Waals surface area contributed by atoms with Crippen molar-refractivity contribution in [2.75, 3.05) is 38.8 Å². The zero-order chi connectivity index (χ0) is 24.4. The van der Waals surface area contributed by atoms with Crippen LogP contribution in [0.2, 0.25) is 0 Å². The van der Waals surface area contributed by atoms with E-state index in [4.69, 9.17) is 14.2 Å². The van der Waals surface area contributed by atoms with E-state index in [1.807, 2.05) is 36.4 Å². The number of anilines is 1. The minimum Gasteiger partial charge on any atom is -0.508 e. The van der Waals surface area contributed by atoms with E-state index < -0.39 is 0 Å². The number of benzene rings is 3. The summed E-state index contributed by atoms with van der Waals surface area (Å²) >= 11 is 0. The topological polar surface area (TPSA) is 51.2 Å². The molecule has 1 N–H and O–H groups in total. The second-order valence-electron chi connectivity index (χ2n) is 9.40. The van der Waals surface area contributed by atoms with Gasteiger partial charge in [-0.15, -0.1) is 0 Å². The van der Waals surface area contributed by atoms with Crippen LogP contribution in [0.15, 0.2) is 66.7 Å². The Labute approximate surface area is 206 Å². The number of rotatable bonds is 6. The molecule has 1 fully saturated rings. The van der Waals surface area contributed by atoms with Crippen molar-refractivity contribution in [1.82, 2.24) is 0 Å². The first-order chi connectivity index (χ1) is 17.1. The molecule has 0 spiro atoms. The fourth-order valence-corrected chi connectivity index (χ4v) is 5.66. The number of halogens is 1. The molecule has 3 aromatic rings. The van der Waals surface area contributed by atoms with Crippen LogP contribution in [-0.4, -0.2) is 45.3 Å². The zero-order valence-electron chi connectivity index (χ0n) is 20.2. The van der Waals surface area contributed by atoms with Gasteiger partial charge < -0.3 is 24.2 Å². The number of nitrogens with zero attached hydrogens (tertiary/aromatic N) is 1. The highest BCUT2D eigenvalue weighted by atomic mass is 19.1. The van der Waals surface area contributed by atoms with Crippen molar-refractivity contribution in [3.63, 3.8) is 0 Å². The Kier molecular flexibility index (Phi) is 6.93. The molecule has 184 valence electrons. The van der Waals surface area contributed by atoms with Gasteiger partial charge in [-0.05, 0) is 42.2 Å². The van der Waals surface area contributed by atoms with E-state index in [0.717, 1.165) is 42.6 Å². The van der Waals surface area contributed by atoms with Gasteiger partial charge in [0.1, 0.15) is 17.3 Å². The number of piperidine rings is 1. The van der Waals surface area contributed by atoms with E-state index in [1.54, 1.807) is 32.4 Å². The predicted molar refractivity (Wildman–Crippen MR) is 134 cm³/mol. The number of hydrogen-bond acceptors (Lipinski definition) is 5. The third kappa shape index (κ3) is 4.73. The Morgan fingerprint density at radius 1 is 0.943 bits per heavy atom. The van der Waals surface area contributed by atoms with E-state index in [-0.39, 0.29) is 29.7 Å². The lowest BCUT2D eigenvalue weighted by atomic mass is 9.76. The molecule has 1 saturated heterocycles. The minimum absolute atomic E-state index is 0.0364. The Hall–Kier alpha value is -3.09. The van der Waals surface area contributed by atoms with Crippen molar-refractivity contribution < 1.29 is 23.7 Å². The van der Waals surface area contributed by atoms with Gasteiger partial charge in [-0.2, -0.15) is 0 Å². The van der Waals surface area contributed by atoms with Gasteiger partial charge >= 0.3 is 0 Å². The van der Waals surface area contributed by atoms with Crippen LogP contribution in [-0.2, 0) is 9.47 Å². The molecule has 5 nitrogen and oxygen atoms in total. The maximum atomic E-state index is 15.6. The molecule has 35 heavy (non-hydrogen) atoms. The number of fused-ring (bicyclic) bond motifs is 1. The van der Waals surface area contributed by atoms with Crippen molar-refractivity contribution in [3.8, 4) is 11.5 Å². The Balaban J connectivity index is 1.44. The molecular weight excluding hydrogens is 445 g/mol. The summed E-state index contributed by atoms with van der Waals surface area (Å²) in [7, 11) is 3.33. The maximum absolute atomic E-state index is 15.6. The standard InChI is InChI=1S/C29H32FNO4/c1-33-29(34-2)20-12-14-31(15-13-20)26-11-8-21(16-25(26)30)28-23-10-9-22(32)17-27(23)35-18-24(28)19-6-4-3-5-7-19/h3-11,16-17,20,24,28-29,32H,12-15,18H2,1-2H3. The molecule has 0 saturated carbocycles. The highest BCUT2D eigenvalue weighted by Gasteiger charge is 2.34. The quantitative estimate of drug-likeness (QED) is 0.464. The molecule has 0 aromatic heterocycles. The van der Waals surface area contributed by atoms with E-state index in [9.17, 15) is 5.11 Å². The molecule has 2 aliphatic heterocycles. The van der Waals surface area contributed by atoms with Gasteiger partial charge in [0.15, 0.2) is 6.29 Å². The molecule has 6 heteroatoms. The summed E-state index contributed by atoms with van der Waals surface area (Å²) in [6.45, 7) is 1.98. The van der Waals surface area contributed by atoms with Crippen molar-refractivity contribution in [2.45, 2.75) is 31.0 Å². The van der Waals surface area contributed by atoms with Crippen molar-refractivity contribution >= 4 is 5.69 Å². The van der Waals surface area contributed by atoms with E-state index in [0.29, 0.717) is 24.0 Å². The van der Waals surface area contributed by atoms with Crippen LogP contribution in [0.5, 0.6) is 11.5 Å². The molecule has 2 unspecified atom stereocenters. The Morgan fingerprint density at radius 3 is 2.37 bits per heavy atom. The fourth-order valence-electron chi connectivity index (χ4n) is 5.66. The molecule has 0 radical (unpaired) electrons. The largest absolute Gasteiger partial charge is 0.508 e. The van der Waals surface area contributed by atoms with Gasteiger partial charge in [0.25, 0.3) is 0 Å². The normalized spacial score (nSPS) is 20.5. The number of hydrogen-bond donors (Lipinski definition) is 1. The van der Waals surface area contributed by atoms with Crippen LogP contribution in [0.3, 0.4) is 0 Å². The van der Waals surface area contributed by atoms with Crippen LogP contribution < -0.4 is 9.64 Å². The highest BCUT2D eigenvalue weighted by Crippen LogP contribution is 2.47. The summed E-state index contributed by atoms with van der Waals surface area (Å²) < 4.78 is 32.5. The molecule has 0 bridgehead atoms. The van der Waals surface area contributed by atoms with Gasteiger partial charge in [0.05, 0.1) is 12.3 Å². The van der Waals surface area contributed by atoms with E-state index >= 15 is 4.39 Å². The van der Waals surface area contributed by atoms with Crippen LogP contribution >= 0.6 is 0 Å². The fraction of sp³-hybridized carbons (Fsp3) is 0.379. The summed E-state index contributed by atoms with van der Waals surface area (Å²) in [6, 6.07) is 21.0. The first-order valence-corrected chi connectivity index (χ1v) is 12.2. The molecule has 0 aliphatic carbocycles. The predicted octanol–water partition coefficient (Wildman–Crippen LogP) is 5.67. The molecule has 2 atom stereocenters. The Bertz CT molecular complexity index is 1140. The lowest BCUT2D eigenvalue weighted by molar-refractivity contribution is -0.141. The Morgan fingerprint density at radius 2 is 1.69 bits per heavy atom. The lowest BCUT2D eigenvalue weighted by Gasteiger charge is -2.37. The van der Waals surface area contributed by atoms with Crippen molar-refractivity contribution in [1.29, 1.82) is 0 Å². The SMILES string of the molecule is COC(OC)C1CCN(c2ccc(C3c4ccc(O)cc4OCC3c3ccccc3)cc2F)CC1. The zero-order valence-corrected chi connectivity index (χ0v) is 20.2. The van der Waals surface area contributed by atoms with Crippen molar-refractivity contribution in [3.05, 3.63) is 89.2 Å². The number of methoxy groups -OCH3 is 2. The van der Waals surface area contributed by atoms with E-state index in [2.05, 4.69) is 17.0 Å². The second-order valence-corrected chi connectivity index (χ2v) is 9.40. The van der Waals surface area contributed by atoms with Gasteiger partial charge in [-0.1, -0.05) is 42.5 Å². The number of phenols is 1. The third-order valence-electron chi connectivity index (χ3n) is 7.44. The van der Waals surface area contributed by atoms with E-state index in [1.165, 1.54) is 0 Å². The highest BCUT2D eigenvalue weighted by molar-refractivity contribution is 5.54. The molecule has 3 aromatic carbocycles. The lowest BCUT2D eigenvalue weighted by Crippen LogP contribution is -2.39. The molecular formula is C29H32FNO4. The summed E-state index contributed by atoms with van der Waals surface area (Å²) in [5, 5.41) is 9.98. The van der Waals surface area contributed by atoms with Gasteiger partial charge in [0, 0.05) is 56.7 Å². The maximum Gasteiger partial charge on any atom is 0.159 e. The number of aromatic hydroxyl groups is 1.